The largest absolute Gasteiger partial charge is 0.416 e. The molecule has 2 rings (SSSR count). The van der Waals surface area contributed by atoms with Crippen LogP contribution in [0.3, 0.4) is 0 Å². The maximum absolute atomic E-state index is 12.8. The van der Waals surface area contributed by atoms with Gasteiger partial charge < -0.3 is 16.0 Å². The summed E-state index contributed by atoms with van der Waals surface area (Å²) in [6.07, 6.45) is -4.43. The van der Waals surface area contributed by atoms with E-state index in [1.54, 1.807) is 31.2 Å². The van der Waals surface area contributed by atoms with E-state index >= 15 is 0 Å². The van der Waals surface area contributed by atoms with Crippen molar-refractivity contribution in [3.8, 4) is 0 Å². The molecule has 3 N–H and O–H groups in total. The molecule has 8 heteroatoms. The first kappa shape index (κ1) is 20.3. The van der Waals surface area contributed by atoms with Crippen molar-refractivity contribution in [2.75, 3.05) is 11.9 Å². The van der Waals surface area contributed by atoms with Gasteiger partial charge in [0.15, 0.2) is 0 Å². The number of para-hydroxylation sites is 1. The molecule has 0 spiro atoms. The zero-order valence-electron chi connectivity index (χ0n) is 14.6. The topological polar surface area (TPSA) is 70.2 Å². The monoisotopic (exact) mass is 379 g/mol. The number of hydrogen-bond donors (Lipinski definition) is 3. The molecule has 0 saturated carbocycles. The minimum absolute atomic E-state index is 0.00547. The number of carbonyl (C=O) groups is 2. The SMILES string of the molecule is C[C@H](NC(=O)CCNC(=O)Nc1ccccc1)c1cccc(C(F)(F)F)c1. The van der Waals surface area contributed by atoms with E-state index in [4.69, 9.17) is 0 Å². The highest BCUT2D eigenvalue weighted by Crippen LogP contribution is 2.30. The molecular formula is C19H20F3N3O2. The number of urea groups is 1. The van der Waals surface area contributed by atoms with E-state index in [9.17, 15) is 22.8 Å². The van der Waals surface area contributed by atoms with E-state index in [1.165, 1.54) is 12.1 Å². The molecule has 2 aromatic carbocycles. The highest BCUT2D eigenvalue weighted by atomic mass is 19.4. The van der Waals surface area contributed by atoms with Gasteiger partial charge >= 0.3 is 12.2 Å². The predicted octanol–water partition coefficient (Wildman–Crippen LogP) is 4.09. The lowest BCUT2D eigenvalue weighted by molar-refractivity contribution is -0.137. The maximum atomic E-state index is 12.8. The number of amides is 3. The Kier molecular flexibility index (Phi) is 6.81. The summed E-state index contributed by atoms with van der Waals surface area (Å²) in [6, 6.07) is 12.6. The van der Waals surface area contributed by atoms with Gasteiger partial charge in [0.25, 0.3) is 0 Å². The summed E-state index contributed by atoms with van der Waals surface area (Å²) >= 11 is 0. The van der Waals surface area contributed by atoms with Crippen LogP contribution in [-0.4, -0.2) is 18.5 Å². The van der Waals surface area contributed by atoms with Crippen molar-refractivity contribution in [1.29, 1.82) is 0 Å². The molecule has 0 saturated heterocycles. The van der Waals surface area contributed by atoms with Crippen molar-refractivity contribution in [2.45, 2.75) is 25.6 Å². The Bertz CT molecular complexity index is 779. The average molecular weight is 379 g/mol. The molecule has 3 amide bonds. The normalized spacial score (nSPS) is 12.1. The Morgan fingerprint density at radius 1 is 1.04 bits per heavy atom. The number of nitrogens with one attached hydrogen (secondary N) is 3. The van der Waals surface area contributed by atoms with Crippen LogP contribution in [0.25, 0.3) is 0 Å². The number of rotatable bonds is 6. The molecule has 0 radical (unpaired) electrons. The lowest BCUT2D eigenvalue weighted by Gasteiger charge is -2.16. The van der Waals surface area contributed by atoms with E-state index in [-0.39, 0.29) is 18.9 Å². The zero-order chi connectivity index (χ0) is 19.9. The summed E-state index contributed by atoms with van der Waals surface area (Å²) < 4.78 is 38.3. The molecule has 0 bridgehead atoms. The quantitative estimate of drug-likeness (QED) is 0.707. The van der Waals surface area contributed by atoms with Gasteiger partial charge in [0.1, 0.15) is 0 Å². The van der Waals surface area contributed by atoms with Gasteiger partial charge in [0.05, 0.1) is 11.6 Å². The molecule has 27 heavy (non-hydrogen) atoms. The van der Waals surface area contributed by atoms with Crippen LogP contribution in [-0.2, 0) is 11.0 Å². The van der Waals surface area contributed by atoms with Gasteiger partial charge in [-0.3, -0.25) is 4.79 Å². The highest BCUT2D eigenvalue weighted by molar-refractivity contribution is 5.89. The molecule has 0 unspecified atom stereocenters. The minimum Gasteiger partial charge on any atom is -0.350 e. The van der Waals surface area contributed by atoms with E-state index in [0.717, 1.165) is 12.1 Å². The summed E-state index contributed by atoms with van der Waals surface area (Å²) in [5.41, 5.74) is 0.214. The van der Waals surface area contributed by atoms with Crippen molar-refractivity contribution in [2.24, 2.45) is 0 Å². The van der Waals surface area contributed by atoms with Gasteiger partial charge in [-0.1, -0.05) is 30.3 Å². The van der Waals surface area contributed by atoms with E-state index in [1.807, 2.05) is 6.07 Å². The van der Waals surface area contributed by atoms with Crippen LogP contribution in [0.5, 0.6) is 0 Å². The van der Waals surface area contributed by atoms with Crippen LogP contribution in [0.1, 0.15) is 30.5 Å². The number of carbonyl (C=O) groups excluding carboxylic acids is 2. The Labute approximate surface area is 155 Å². The summed E-state index contributed by atoms with van der Waals surface area (Å²) in [7, 11) is 0. The maximum Gasteiger partial charge on any atom is 0.416 e. The molecule has 0 aliphatic carbocycles. The molecule has 0 aliphatic heterocycles. The van der Waals surface area contributed by atoms with Crippen molar-refractivity contribution in [1.82, 2.24) is 10.6 Å². The summed E-state index contributed by atoms with van der Waals surface area (Å²) in [5, 5.41) is 7.78. The van der Waals surface area contributed by atoms with Gasteiger partial charge in [-0.2, -0.15) is 13.2 Å². The Morgan fingerprint density at radius 3 is 2.41 bits per heavy atom. The first-order valence-corrected chi connectivity index (χ1v) is 8.32. The number of benzene rings is 2. The van der Waals surface area contributed by atoms with Gasteiger partial charge in [0, 0.05) is 18.7 Å². The average Bonchev–Trinajstić information content (AvgIpc) is 2.62. The minimum atomic E-state index is -4.43. The second-order valence-corrected chi connectivity index (χ2v) is 5.91. The first-order chi connectivity index (χ1) is 12.8. The van der Waals surface area contributed by atoms with Gasteiger partial charge in [0.2, 0.25) is 5.91 Å². The predicted molar refractivity (Wildman–Crippen MR) is 96.1 cm³/mol. The lowest BCUT2D eigenvalue weighted by atomic mass is 10.0. The third kappa shape index (κ3) is 6.65. The van der Waals surface area contributed by atoms with Crippen LogP contribution in [0, 0.1) is 0 Å². The highest BCUT2D eigenvalue weighted by Gasteiger charge is 2.30. The van der Waals surface area contributed by atoms with Crippen molar-refractivity contribution in [3.05, 3.63) is 65.7 Å². The number of anilines is 1. The second kappa shape index (κ2) is 9.07. The van der Waals surface area contributed by atoms with Crippen LogP contribution in [0.4, 0.5) is 23.7 Å². The molecule has 0 heterocycles. The van der Waals surface area contributed by atoms with Crippen LogP contribution in [0.2, 0.25) is 0 Å². The van der Waals surface area contributed by atoms with Crippen LogP contribution < -0.4 is 16.0 Å². The number of hydrogen-bond acceptors (Lipinski definition) is 2. The smallest absolute Gasteiger partial charge is 0.350 e. The Hall–Kier alpha value is -3.03. The lowest BCUT2D eigenvalue weighted by Crippen LogP contribution is -2.34. The van der Waals surface area contributed by atoms with Crippen molar-refractivity contribution >= 4 is 17.6 Å². The van der Waals surface area contributed by atoms with Crippen molar-refractivity contribution < 1.29 is 22.8 Å². The third-order valence-corrected chi connectivity index (χ3v) is 3.76. The Morgan fingerprint density at radius 2 is 1.74 bits per heavy atom. The zero-order valence-corrected chi connectivity index (χ0v) is 14.6. The fourth-order valence-electron chi connectivity index (χ4n) is 2.37. The first-order valence-electron chi connectivity index (χ1n) is 8.32. The third-order valence-electron chi connectivity index (χ3n) is 3.76. The van der Waals surface area contributed by atoms with E-state index in [0.29, 0.717) is 11.3 Å². The van der Waals surface area contributed by atoms with E-state index < -0.39 is 23.8 Å². The number of halogens is 3. The molecular weight excluding hydrogens is 359 g/mol. The van der Waals surface area contributed by atoms with Crippen molar-refractivity contribution in [3.63, 3.8) is 0 Å². The standard InChI is InChI=1S/C19H20F3N3O2/c1-13(14-6-5-7-15(12-14)19(20,21)22)24-17(26)10-11-23-18(27)25-16-8-3-2-4-9-16/h2-9,12-13H,10-11H2,1H3,(H,24,26)(H2,23,25,27)/t13-/m0/s1. The molecule has 1 atom stereocenters. The molecule has 144 valence electrons. The summed E-state index contributed by atoms with van der Waals surface area (Å²) in [6.45, 7) is 1.70. The van der Waals surface area contributed by atoms with E-state index in [2.05, 4.69) is 16.0 Å². The van der Waals surface area contributed by atoms with Gasteiger partial charge in [-0.15, -0.1) is 0 Å². The molecule has 0 aliphatic rings. The fraction of sp³-hybridized carbons (Fsp3) is 0.263. The van der Waals surface area contributed by atoms with Gasteiger partial charge in [-0.25, -0.2) is 4.79 Å². The fourth-order valence-corrected chi connectivity index (χ4v) is 2.37. The summed E-state index contributed by atoms with van der Waals surface area (Å²) in [4.78, 5) is 23.7. The Balaban J connectivity index is 1.77. The van der Waals surface area contributed by atoms with Gasteiger partial charge in [-0.05, 0) is 36.8 Å². The van der Waals surface area contributed by atoms with Crippen LogP contribution in [0.15, 0.2) is 54.6 Å². The number of alkyl halides is 3. The molecule has 0 aromatic heterocycles. The summed E-state index contributed by atoms with van der Waals surface area (Å²) in [5.74, 6) is -0.375. The second-order valence-electron chi connectivity index (χ2n) is 5.91. The molecule has 2 aromatic rings. The van der Waals surface area contributed by atoms with Crippen LogP contribution >= 0.6 is 0 Å². The molecule has 5 nitrogen and oxygen atoms in total. The molecule has 0 fully saturated rings.